The van der Waals surface area contributed by atoms with Crippen molar-refractivity contribution < 1.29 is 0 Å². The Morgan fingerprint density at radius 1 is 1.28 bits per heavy atom. The van der Waals surface area contributed by atoms with Crippen molar-refractivity contribution in [3.8, 4) is 0 Å². The average molecular weight is 248 g/mol. The molecule has 3 aliphatic rings. The van der Waals surface area contributed by atoms with Crippen molar-refractivity contribution in [3.05, 3.63) is 0 Å². The van der Waals surface area contributed by atoms with Crippen LogP contribution >= 0.6 is 0 Å². The van der Waals surface area contributed by atoms with E-state index in [-0.39, 0.29) is 0 Å². The average Bonchev–Trinajstić information content (AvgIpc) is 3.13. The highest BCUT2D eigenvalue weighted by Gasteiger charge is 2.71. The van der Waals surface area contributed by atoms with Gasteiger partial charge in [-0.15, -0.1) is 0 Å². The van der Waals surface area contributed by atoms with Gasteiger partial charge in [0, 0.05) is 0 Å². The molecule has 0 spiro atoms. The Kier molecular flexibility index (Phi) is 2.72. The van der Waals surface area contributed by atoms with Gasteiger partial charge >= 0.3 is 0 Å². The Morgan fingerprint density at radius 2 is 1.94 bits per heavy atom. The fourth-order valence-corrected chi connectivity index (χ4v) is 5.82. The maximum Gasteiger partial charge on any atom is -0.0258 e. The lowest BCUT2D eigenvalue weighted by molar-refractivity contribution is 0.168. The summed E-state index contributed by atoms with van der Waals surface area (Å²) in [7, 11) is 0. The van der Waals surface area contributed by atoms with Crippen LogP contribution in [0.25, 0.3) is 0 Å². The van der Waals surface area contributed by atoms with Crippen molar-refractivity contribution >= 4 is 0 Å². The smallest absolute Gasteiger partial charge is 0.0258 e. The van der Waals surface area contributed by atoms with Gasteiger partial charge in [-0.25, -0.2) is 0 Å². The number of hydrogen-bond donors (Lipinski definition) is 0. The van der Waals surface area contributed by atoms with E-state index in [0.717, 1.165) is 40.9 Å². The molecule has 18 heavy (non-hydrogen) atoms. The van der Waals surface area contributed by atoms with Crippen LogP contribution in [0.4, 0.5) is 0 Å². The normalized spacial score (nSPS) is 52.0. The first-order valence-electron chi connectivity index (χ1n) is 8.32. The Balaban J connectivity index is 1.63. The topological polar surface area (TPSA) is 0 Å². The molecule has 7 atom stereocenters. The summed E-state index contributed by atoms with van der Waals surface area (Å²) in [6, 6.07) is 0. The predicted octanol–water partition coefficient (Wildman–Crippen LogP) is 5.38. The molecular weight excluding hydrogens is 216 g/mol. The van der Waals surface area contributed by atoms with E-state index >= 15 is 0 Å². The minimum Gasteiger partial charge on any atom is -0.0651 e. The molecule has 3 fully saturated rings. The molecule has 3 saturated carbocycles. The first kappa shape index (κ1) is 13.0. The Hall–Kier alpha value is 0. The van der Waals surface area contributed by atoms with Crippen LogP contribution in [0.2, 0.25) is 0 Å². The molecule has 0 heteroatoms. The summed E-state index contributed by atoms with van der Waals surface area (Å²) in [5, 5.41) is 0. The van der Waals surface area contributed by atoms with Gasteiger partial charge < -0.3 is 0 Å². The van der Waals surface area contributed by atoms with Crippen LogP contribution < -0.4 is 0 Å². The largest absolute Gasteiger partial charge is 0.0651 e. The van der Waals surface area contributed by atoms with Crippen molar-refractivity contribution in [2.45, 2.75) is 67.2 Å². The van der Waals surface area contributed by atoms with Gasteiger partial charge in [-0.3, -0.25) is 0 Å². The van der Waals surface area contributed by atoms with Crippen LogP contribution in [-0.4, -0.2) is 0 Å². The van der Waals surface area contributed by atoms with Gasteiger partial charge in [-0.2, -0.15) is 0 Å². The van der Waals surface area contributed by atoms with E-state index in [4.69, 9.17) is 0 Å². The van der Waals surface area contributed by atoms with Crippen LogP contribution in [-0.2, 0) is 0 Å². The SMILES string of the molecule is CCC(C)C(C)(C)C1CC1C1C2CC(C)CC21C. The third kappa shape index (κ3) is 1.63. The molecule has 0 amide bonds. The van der Waals surface area contributed by atoms with Crippen LogP contribution in [0.3, 0.4) is 0 Å². The van der Waals surface area contributed by atoms with Gasteiger partial charge in [0.2, 0.25) is 0 Å². The van der Waals surface area contributed by atoms with Crippen molar-refractivity contribution in [2.75, 3.05) is 0 Å². The lowest BCUT2D eigenvalue weighted by atomic mass is 9.73. The molecule has 0 aromatic rings. The van der Waals surface area contributed by atoms with E-state index in [1.807, 2.05) is 0 Å². The summed E-state index contributed by atoms with van der Waals surface area (Å²) in [5.74, 6) is 6.25. The van der Waals surface area contributed by atoms with E-state index in [9.17, 15) is 0 Å². The molecule has 0 saturated heterocycles. The molecule has 0 aromatic heterocycles. The maximum atomic E-state index is 2.59. The van der Waals surface area contributed by atoms with Crippen molar-refractivity contribution in [3.63, 3.8) is 0 Å². The van der Waals surface area contributed by atoms with E-state index in [1.54, 1.807) is 6.42 Å². The minimum absolute atomic E-state index is 0.582. The lowest BCUT2D eigenvalue weighted by Gasteiger charge is -2.32. The zero-order chi connectivity index (χ0) is 13.3. The second-order valence-electron chi connectivity index (χ2n) is 8.82. The quantitative estimate of drug-likeness (QED) is 0.627. The Morgan fingerprint density at radius 3 is 2.44 bits per heavy atom. The molecule has 0 N–H and O–H groups in total. The summed E-state index contributed by atoms with van der Waals surface area (Å²) >= 11 is 0. The van der Waals surface area contributed by atoms with Crippen LogP contribution in [0.15, 0.2) is 0 Å². The second kappa shape index (κ2) is 3.76. The molecule has 0 heterocycles. The third-order valence-electron chi connectivity index (χ3n) is 7.52. The van der Waals surface area contributed by atoms with Crippen molar-refractivity contribution in [1.29, 1.82) is 0 Å². The third-order valence-corrected chi connectivity index (χ3v) is 7.52. The monoisotopic (exact) mass is 248 g/mol. The fraction of sp³-hybridized carbons (Fsp3) is 1.00. The number of hydrogen-bond acceptors (Lipinski definition) is 0. The number of fused-ring (bicyclic) bond motifs is 1. The summed E-state index contributed by atoms with van der Waals surface area (Å²) < 4.78 is 0. The molecule has 3 rings (SSSR count). The zero-order valence-electron chi connectivity index (χ0n) is 13.3. The van der Waals surface area contributed by atoms with Gasteiger partial charge in [-0.1, -0.05) is 48.0 Å². The van der Waals surface area contributed by atoms with E-state index in [0.29, 0.717) is 5.41 Å². The van der Waals surface area contributed by atoms with Gasteiger partial charge in [0.25, 0.3) is 0 Å². The molecule has 7 unspecified atom stereocenters. The molecule has 0 bridgehead atoms. The molecule has 0 nitrogen and oxygen atoms in total. The first-order chi connectivity index (χ1) is 8.32. The summed E-state index contributed by atoms with van der Waals surface area (Å²) in [6.45, 7) is 15.0. The van der Waals surface area contributed by atoms with Crippen molar-refractivity contribution in [2.24, 2.45) is 46.3 Å². The van der Waals surface area contributed by atoms with Crippen LogP contribution in [0.1, 0.15) is 67.2 Å². The molecular formula is C18H32. The van der Waals surface area contributed by atoms with Gasteiger partial charge in [0.1, 0.15) is 0 Å². The van der Waals surface area contributed by atoms with Crippen molar-refractivity contribution in [1.82, 2.24) is 0 Å². The van der Waals surface area contributed by atoms with E-state index < -0.39 is 0 Å². The predicted molar refractivity (Wildman–Crippen MR) is 78.3 cm³/mol. The standard InChI is InChI=1S/C18H32/c1-7-12(3)17(4,5)14-9-13(14)16-15-8-11(2)10-18(15,16)6/h11-16H,7-10H2,1-6H3. The highest BCUT2D eigenvalue weighted by atomic mass is 14.8. The summed E-state index contributed by atoms with van der Waals surface area (Å²) in [5.41, 5.74) is 1.35. The van der Waals surface area contributed by atoms with E-state index in [2.05, 4.69) is 41.5 Å². The van der Waals surface area contributed by atoms with Crippen LogP contribution in [0, 0.1) is 46.3 Å². The first-order valence-corrected chi connectivity index (χ1v) is 8.32. The molecule has 0 aromatic carbocycles. The molecule has 0 aliphatic heterocycles. The van der Waals surface area contributed by atoms with E-state index in [1.165, 1.54) is 19.3 Å². The lowest BCUT2D eigenvalue weighted by Crippen LogP contribution is -2.25. The minimum atomic E-state index is 0.582. The van der Waals surface area contributed by atoms with Crippen LogP contribution in [0.5, 0.6) is 0 Å². The van der Waals surface area contributed by atoms with Gasteiger partial charge in [-0.05, 0) is 65.6 Å². The second-order valence-corrected chi connectivity index (χ2v) is 8.82. The molecule has 0 radical (unpaired) electrons. The Labute approximate surface area is 114 Å². The maximum absolute atomic E-state index is 2.59. The van der Waals surface area contributed by atoms with Gasteiger partial charge in [0.05, 0.1) is 0 Å². The fourth-order valence-electron chi connectivity index (χ4n) is 5.82. The zero-order valence-corrected chi connectivity index (χ0v) is 13.3. The Bertz CT molecular complexity index is 342. The highest BCUT2D eigenvalue weighted by molar-refractivity contribution is 5.19. The summed E-state index contributed by atoms with van der Waals surface area (Å²) in [6.07, 6.45) is 5.95. The van der Waals surface area contributed by atoms with Gasteiger partial charge in [0.15, 0.2) is 0 Å². The summed E-state index contributed by atoms with van der Waals surface area (Å²) in [4.78, 5) is 0. The molecule has 104 valence electrons. The number of rotatable bonds is 4. The highest BCUT2D eigenvalue weighted by Crippen LogP contribution is 2.78. The molecule has 3 aliphatic carbocycles.